The highest BCUT2D eigenvalue weighted by molar-refractivity contribution is 6.42. The van der Waals surface area contributed by atoms with Crippen molar-refractivity contribution in [3.63, 3.8) is 0 Å². The van der Waals surface area contributed by atoms with E-state index in [4.69, 9.17) is 27.9 Å². The minimum absolute atomic E-state index is 0.158. The second-order valence-electron chi connectivity index (χ2n) is 4.14. The lowest BCUT2D eigenvalue weighted by Crippen LogP contribution is -2.33. The van der Waals surface area contributed by atoms with Gasteiger partial charge >= 0.3 is 0 Å². The Morgan fingerprint density at radius 1 is 1.31 bits per heavy atom. The van der Waals surface area contributed by atoms with Crippen LogP contribution in [-0.2, 0) is 11.2 Å². The summed E-state index contributed by atoms with van der Waals surface area (Å²) in [6.45, 7) is 1.26. The fraction of sp³-hybridized carbons (Fsp3) is 0.500. The van der Waals surface area contributed by atoms with Crippen LogP contribution in [0.5, 0.6) is 0 Å². The lowest BCUT2D eigenvalue weighted by Gasteiger charge is -2.27. The minimum atomic E-state index is -0.275. The molecule has 0 radical (unpaired) electrons. The Balaban J connectivity index is 2.05. The topological polar surface area (TPSA) is 29.5 Å². The van der Waals surface area contributed by atoms with Crippen molar-refractivity contribution in [3.05, 3.63) is 33.8 Å². The Morgan fingerprint density at radius 2 is 2.12 bits per heavy atom. The van der Waals surface area contributed by atoms with Gasteiger partial charge in [0.15, 0.2) is 0 Å². The van der Waals surface area contributed by atoms with Gasteiger partial charge in [0.2, 0.25) is 0 Å². The average molecular weight is 261 g/mol. The first-order valence-corrected chi connectivity index (χ1v) is 6.12. The van der Waals surface area contributed by atoms with Gasteiger partial charge in [-0.05, 0) is 30.5 Å². The monoisotopic (exact) mass is 260 g/mol. The Kier molecular flexibility index (Phi) is 4.09. The van der Waals surface area contributed by atoms with Crippen molar-refractivity contribution in [1.29, 1.82) is 0 Å². The molecule has 2 nitrogen and oxygen atoms in total. The van der Waals surface area contributed by atoms with Gasteiger partial charge in [-0.15, -0.1) is 0 Å². The summed E-state index contributed by atoms with van der Waals surface area (Å²) in [4.78, 5) is 0. The van der Waals surface area contributed by atoms with Crippen LogP contribution in [0.4, 0.5) is 0 Å². The summed E-state index contributed by atoms with van der Waals surface area (Å²) in [5.41, 5.74) is 1.09. The van der Waals surface area contributed by atoms with Gasteiger partial charge in [0.05, 0.1) is 22.8 Å². The molecule has 1 aromatic carbocycles. The molecule has 0 spiro atoms. The molecule has 1 aliphatic rings. The van der Waals surface area contributed by atoms with E-state index in [0.717, 1.165) is 12.0 Å². The molecule has 0 aliphatic carbocycles. The number of aliphatic hydroxyl groups is 1. The molecule has 1 heterocycles. The maximum absolute atomic E-state index is 9.82. The van der Waals surface area contributed by atoms with Crippen molar-refractivity contribution >= 4 is 23.2 Å². The third kappa shape index (κ3) is 2.89. The van der Waals surface area contributed by atoms with Gasteiger partial charge in [0, 0.05) is 12.5 Å². The van der Waals surface area contributed by atoms with Crippen LogP contribution in [0.15, 0.2) is 18.2 Å². The maximum Gasteiger partial charge on any atom is 0.0615 e. The lowest BCUT2D eigenvalue weighted by molar-refractivity contribution is -0.0350. The van der Waals surface area contributed by atoms with E-state index in [1.807, 2.05) is 12.1 Å². The molecule has 16 heavy (non-hydrogen) atoms. The Labute approximate surface area is 105 Å². The van der Waals surface area contributed by atoms with Crippen molar-refractivity contribution in [1.82, 2.24) is 0 Å². The van der Waals surface area contributed by atoms with E-state index >= 15 is 0 Å². The smallest absolute Gasteiger partial charge is 0.0615 e. The zero-order valence-corrected chi connectivity index (χ0v) is 10.3. The highest BCUT2D eigenvalue weighted by Gasteiger charge is 2.23. The Bertz CT molecular complexity index is 368. The number of aliphatic hydroxyl groups excluding tert-OH is 1. The van der Waals surface area contributed by atoms with Crippen molar-refractivity contribution < 1.29 is 9.84 Å². The van der Waals surface area contributed by atoms with Crippen LogP contribution < -0.4 is 0 Å². The lowest BCUT2D eigenvalue weighted by atomic mass is 9.92. The van der Waals surface area contributed by atoms with Crippen LogP contribution in [0.2, 0.25) is 10.0 Å². The van der Waals surface area contributed by atoms with Gasteiger partial charge in [-0.1, -0.05) is 29.3 Å². The highest BCUT2D eigenvalue weighted by Crippen LogP contribution is 2.25. The molecule has 2 rings (SSSR count). The average Bonchev–Trinajstić information content (AvgIpc) is 2.27. The number of benzene rings is 1. The first-order chi connectivity index (χ1) is 7.66. The molecule has 4 heteroatoms. The maximum atomic E-state index is 9.82. The third-order valence-corrected chi connectivity index (χ3v) is 3.65. The van der Waals surface area contributed by atoms with E-state index in [0.29, 0.717) is 29.7 Å². The minimum Gasteiger partial charge on any atom is -0.393 e. The van der Waals surface area contributed by atoms with Crippen LogP contribution in [0.25, 0.3) is 0 Å². The van der Waals surface area contributed by atoms with E-state index < -0.39 is 0 Å². The summed E-state index contributed by atoms with van der Waals surface area (Å²) in [5.74, 6) is 0.158. The molecule has 1 saturated heterocycles. The second kappa shape index (κ2) is 5.37. The molecule has 1 aromatic rings. The summed E-state index contributed by atoms with van der Waals surface area (Å²) < 4.78 is 5.36. The van der Waals surface area contributed by atoms with Crippen LogP contribution in [0.3, 0.4) is 0 Å². The summed E-state index contributed by atoms with van der Waals surface area (Å²) >= 11 is 11.8. The molecule has 2 atom stereocenters. The van der Waals surface area contributed by atoms with Crippen molar-refractivity contribution in [2.24, 2.45) is 5.92 Å². The van der Waals surface area contributed by atoms with Crippen LogP contribution >= 0.6 is 23.2 Å². The normalized spacial score (nSPS) is 25.7. The van der Waals surface area contributed by atoms with Gasteiger partial charge < -0.3 is 9.84 Å². The van der Waals surface area contributed by atoms with Gasteiger partial charge in [0.1, 0.15) is 0 Å². The molecule has 1 N–H and O–H groups in total. The van der Waals surface area contributed by atoms with Crippen LogP contribution in [0, 0.1) is 5.92 Å². The van der Waals surface area contributed by atoms with E-state index in [2.05, 4.69) is 0 Å². The quantitative estimate of drug-likeness (QED) is 0.886. The molecular weight excluding hydrogens is 247 g/mol. The standard InChI is InChI=1S/C12H14Cl2O2/c13-10-2-1-8(6-11(10)14)5-9-7-16-4-3-12(9)15/h1-2,6,9,12,15H,3-5,7H2/t9-,12+/m0/s1. The SMILES string of the molecule is O[C@@H]1CCOC[C@@H]1Cc1ccc(Cl)c(Cl)c1. The number of rotatable bonds is 2. The third-order valence-electron chi connectivity index (χ3n) is 2.92. The van der Waals surface area contributed by atoms with Crippen molar-refractivity contribution in [2.75, 3.05) is 13.2 Å². The predicted octanol–water partition coefficient (Wildman–Crippen LogP) is 2.93. The van der Waals surface area contributed by atoms with Crippen molar-refractivity contribution in [2.45, 2.75) is 18.9 Å². The van der Waals surface area contributed by atoms with Gasteiger partial charge in [0.25, 0.3) is 0 Å². The summed E-state index contributed by atoms with van der Waals surface area (Å²) in [6, 6.07) is 5.58. The van der Waals surface area contributed by atoms with E-state index in [-0.39, 0.29) is 12.0 Å². The van der Waals surface area contributed by atoms with E-state index in [1.165, 1.54) is 0 Å². The zero-order chi connectivity index (χ0) is 11.5. The van der Waals surface area contributed by atoms with E-state index in [1.54, 1.807) is 6.07 Å². The molecule has 1 aliphatic heterocycles. The Morgan fingerprint density at radius 3 is 2.81 bits per heavy atom. The largest absolute Gasteiger partial charge is 0.393 e. The van der Waals surface area contributed by atoms with Gasteiger partial charge in [-0.2, -0.15) is 0 Å². The number of hydrogen-bond donors (Lipinski definition) is 1. The summed E-state index contributed by atoms with van der Waals surface area (Å²) in [5, 5.41) is 10.9. The molecule has 0 aromatic heterocycles. The molecule has 0 unspecified atom stereocenters. The number of halogens is 2. The Hall–Kier alpha value is -0.280. The zero-order valence-electron chi connectivity index (χ0n) is 8.83. The first kappa shape index (κ1) is 12.2. The molecule has 0 saturated carbocycles. The van der Waals surface area contributed by atoms with E-state index in [9.17, 15) is 5.11 Å². The van der Waals surface area contributed by atoms with Crippen molar-refractivity contribution in [3.8, 4) is 0 Å². The molecule has 1 fully saturated rings. The van der Waals surface area contributed by atoms with Gasteiger partial charge in [-0.25, -0.2) is 0 Å². The fourth-order valence-corrected chi connectivity index (χ4v) is 2.27. The molecular formula is C12H14Cl2O2. The molecule has 0 bridgehead atoms. The summed E-state index contributed by atoms with van der Waals surface area (Å²) in [7, 11) is 0. The van der Waals surface area contributed by atoms with Crippen LogP contribution in [0.1, 0.15) is 12.0 Å². The van der Waals surface area contributed by atoms with Gasteiger partial charge in [-0.3, -0.25) is 0 Å². The highest BCUT2D eigenvalue weighted by atomic mass is 35.5. The summed E-state index contributed by atoms with van der Waals surface area (Å²) in [6.07, 6.45) is 1.22. The number of ether oxygens (including phenoxy) is 1. The number of hydrogen-bond acceptors (Lipinski definition) is 2. The molecule has 88 valence electrons. The molecule has 0 amide bonds. The van der Waals surface area contributed by atoms with Crippen LogP contribution in [-0.4, -0.2) is 24.4 Å². The first-order valence-electron chi connectivity index (χ1n) is 5.36. The fourth-order valence-electron chi connectivity index (χ4n) is 1.95. The second-order valence-corrected chi connectivity index (χ2v) is 4.96. The predicted molar refractivity (Wildman–Crippen MR) is 65.1 cm³/mol.